The molecule has 0 aromatic heterocycles. The maximum Gasteiger partial charge on any atom is 0.322 e. The number of likely N-dealkylation sites (tertiary alicyclic amines) is 1. The zero-order chi connectivity index (χ0) is 17.3. The molecule has 0 spiro atoms. The number of nitrogens with one attached hydrogen (secondary N) is 3. The molecule has 3 rings (SSSR count). The Labute approximate surface area is 143 Å². The Morgan fingerprint density at radius 1 is 1.29 bits per heavy atom. The molecule has 6 heteroatoms. The second-order valence-electron chi connectivity index (χ2n) is 7.06. The summed E-state index contributed by atoms with van der Waals surface area (Å²) in [7, 11) is 0. The summed E-state index contributed by atoms with van der Waals surface area (Å²) in [4.78, 5) is 26.7. The topological polar surface area (TPSA) is 73.5 Å². The highest BCUT2D eigenvalue weighted by molar-refractivity contribution is 5.97. The largest absolute Gasteiger partial charge is 0.350 e. The van der Waals surface area contributed by atoms with E-state index in [1.165, 1.54) is 0 Å². The molecule has 3 amide bonds. The van der Waals surface area contributed by atoms with Crippen molar-refractivity contribution in [3.05, 3.63) is 29.3 Å². The monoisotopic (exact) mass is 330 g/mol. The third-order valence-corrected chi connectivity index (χ3v) is 4.87. The predicted octanol–water partition coefficient (Wildman–Crippen LogP) is 1.96. The molecule has 1 aromatic rings. The van der Waals surface area contributed by atoms with Gasteiger partial charge in [-0.15, -0.1) is 0 Å². The second-order valence-corrected chi connectivity index (χ2v) is 7.06. The Morgan fingerprint density at radius 3 is 2.83 bits per heavy atom. The number of urea groups is 1. The van der Waals surface area contributed by atoms with Crippen molar-refractivity contribution in [1.29, 1.82) is 0 Å². The molecular weight excluding hydrogens is 304 g/mol. The van der Waals surface area contributed by atoms with E-state index in [0.29, 0.717) is 17.2 Å². The quantitative estimate of drug-likeness (QED) is 0.793. The molecule has 0 unspecified atom stereocenters. The summed E-state index contributed by atoms with van der Waals surface area (Å²) in [6, 6.07) is 5.71. The van der Waals surface area contributed by atoms with Crippen molar-refractivity contribution < 1.29 is 9.59 Å². The van der Waals surface area contributed by atoms with E-state index in [2.05, 4.69) is 16.0 Å². The molecule has 6 nitrogen and oxygen atoms in total. The molecule has 2 atom stereocenters. The number of rotatable bonds is 3. The van der Waals surface area contributed by atoms with Gasteiger partial charge in [-0.1, -0.05) is 6.07 Å². The van der Waals surface area contributed by atoms with Gasteiger partial charge in [-0.3, -0.25) is 4.79 Å². The first-order valence-corrected chi connectivity index (χ1v) is 8.65. The molecule has 130 valence electrons. The molecule has 24 heavy (non-hydrogen) atoms. The molecule has 2 saturated heterocycles. The minimum atomic E-state index is -0.123. The highest BCUT2D eigenvalue weighted by Gasteiger charge is 2.39. The van der Waals surface area contributed by atoms with Crippen LogP contribution in [0.2, 0.25) is 0 Å². The van der Waals surface area contributed by atoms with Gasteiger partial charge < -0.3 is 20.9 Å². The Balaban J connectivity index is 1.72. The fourth-order valence-electron chi connectivity index (χ4n) is 3.53. The summed E-state index contributed by atoms with van der Waals surface area (Å²) in [5.74, 6) is 0.446. The van der Waals surface area contributed by atoms with E-state index in [-0.39, 0.29) is 24.0 Å². The van der Waals surface area contributed by atoms with Gasteiger partial charge in [0, 0.05) is 43.0 Å². The van der Waals surface area contributed by atoms with Gasteiger partial charge in [-0.05, 0) is 50.8 Å². The van der Waals surface area contributed by atoms with Crippen molar-refractivity contribution in [2.75, 3.05) is 25.0 Å². The Bertz CT molecular complexity index is 644. The van der Waals surface area contributed by atoms with Gasteiger partial charge in [0.2, 0.25) is 0 Å². The van der Waals surface area contributed by atoms with Crippen LogP contribution in [0.1, 0.15) is 36.2 Å². The average Bonchev–Trinajstić information content (AvgIpc) is 3.11. The van der Waals surface area contributed by atoms with E-state index in [1.54, 1.807) is 12.1 Å². The average molecular weight is 330 g/mol. The van der Waals surface area contributed by atoms with Gasteiger partial charge in [-0.25, -0.2) is 4.79 Å². The van der Waals surface area contributed by atoms with Crippen molar-refractivity contribution in [3.8, 4) is 0 Å². The van der Waals surface area contributed by atoms with E-state index in [4.69, 9.17) is 0 Å². The van der Waals surface area contributed by atoms with Gasteiger partial charge in [0.15, 0.2) is 0 Å². The number of aryl methyl sites for hydroxylation is 1. The number of nitrogens with zero attached hydrogens (tertiary/aromatic N) is 1. The normalized spacial score (nSPS) is 22.6. The van der Waals surface area contributed by atoms with Gasteiger partial charge in [0.25, 0.3) is 5.91 Å². The molecule has 2 heterocycles. The first-order valence-electron chi connectivity index (χ1n) is 8.65. The lowest BCUT2D eigenvalue weighted by Gasteiger charge is -2.24. The van der Waals surface area contributed by atoms with Crippen LogP contribution in [0.25, 0.3) is 0 Å². The van der Waals surface area contributed by atoms with Crippen LogP contribution in [0, 0.1) is 12.8 Å². The Hall–Kier alpha value is -2.08. The Morgan fingerprint density at radius 2 is 2.08 bits per heavy atom. The second kappa shape index (κ2) is 6.81. The molecule has 2 aliphatic rings. The number of anilines is 1. The van der Waals surface area contributed by atoms with E-state index in [0.717, 1.165) is 31.6 Å². The van der Waals surface area contributed by atoms with Crippen LogP contribution < -0.4 is 16.0 Å². The van der Waals surface area contributed by atoms with Crippen LogP contribution in [0.5, 0.6) is 0 Å². The number of benzene rings is 1. The standard InChI is InChI=1S/C18H26N4O2/c1-11(2)20-17(23)13-5-4-12(3)15(8-13)21-18(24)22-7-6-14-9-19-10-16(14)22/h4-5,8,11,14,16,19H,6-7,9-10H2,1-3H3,(H,20,23)(H,21,24)/t14-,16+/m1/s1. The SMILES string of the molecule is Cc1ccc(C(=O)NC(C)C)cc1NC(=O)N1CC[C@@H]2CNC[C@@H]21. The van der Waals surface area contributed by atoms with Crippen LogP contribution >= 0.6 is 0 Å². The number of carbonyl (C=O) groups is 2. The molecule has 1 aromatic carbocycles. The van der Waals surface area contributed by atoms with Crippen LogP contribution in [-0.2, 0) is 0 Å². The number of hydrogen-bond donors (Lipinski definition) is 3. The molecule has 2 fully saturated rings. The molecule has 0 aliphatic carbocycles. The summed E-state index contributed by atoms with van der Waals surface area (Å²) >= 11 is 0. The minimum absolute atomic E-state index is 0.0734. The summed E-state index contributed by atoms with van der Waals surface area (Å²) in [5, 5.41) is 9.22. The molecular formula is C18H26N4O2. The van der Waals surface area contributed by atoms with Gasteiger partial charge in [0.05, 0.1) is 0 Å². The van der Waals surface area contributed by atoms with Gasteiger partial charge in [-0.2, -0.15) is 0 Å². The van der Waals surface area contributed by atoms with E-state index < -0.39 is 0 Å². The molecule has 3 N–H and O–H groups in total. The lowest BCUT2D eigenvalue weighted by molar-refractivity contribution is 0.0943. The molecule has 0 radical (unpaired) electrons. The Kier molecular flexibility index (Phi) is 4.76. The molecule has 2 aliphatic heterocycles. The third-order valence-electron chi connectivity index (χ3n) is 4.87. The van der Waals surface area contributed by atoms with Crippen molar-refractivity contribution in [2.45, 2.75) is 39.3 Å². The van der Waals surface area contributed by atoms with Crippen molar-refractivity contribution in [1.82, 2.24) is 15.5 Å². The summed E-state index contributed by atoms with van der Waals surface area (Å²) in [6.07, 6.45) is 1.06. The maximum atomic E-state index is 12.7. The third kappa shape index (κ3) is 3.38. The number of hydrogen-bond acceptors (Lipinski definition) is 3. The minimum Gasteiger partial charge on any atom is -0.350 e. The van der Waals surface area contributed by atoms with E-state index >= 15 is 0 Å². The van der Waals surface area contributed by atoms with E-state index in [1.807, 2.05) is 31.7 Å². The smallest absolute Gasteiger partial charge is 0.322 e. The summed E-state index contributed by atoms with van der Waals surface area (Å²) in [6.45, 7) is 8.45. The van der Waals surface area contributed by atoms with Crippen molar-refractivity contribution in [3.63, 3.8) is 0 Å². The number of amides is 3. The van der Waals surface area contributed by atoms with E-state index in [9.17, 15) is 9.59 Å². The van der Waals surface area contributed by atoms with Crippen molar-refractivity contribution in [2.24, 2.45) is 5.92 Å². The van der Waals surface area contributed by atoms with Crippen molar-refractivity contribution >= 4 is 17.6 Å². The zero-order valence-corrected chi connectivity index (χ0v) is 14.6. The lowest BCUT2D eigenvalue weighted by atomic mass is 10.1. The zero-order valence-electron chi connectivity index (χ0n) is 14.6. The molecule has 0 saturated carbocycles. The highest BCUT2D eigenvalue weighted by atomic mass is 16.2. The summed E-state index contributed by atoms with van der Waals surface area (Å²) in [5.41, 5.74) is 2.21. The van der Waals surface area contributed by atoms with Crippen LogP contribution in [-0.4, -0.2) is 48.6 Å². The maximum absolute atomic E-state index is 12.7. The van der Waals surface area contributed by atoms with Gasteiger partial charge >= 0.3 is 6.03 Å². The van der Waals surface area contributed by atoms with Gasteiger partial charge in [0.1, 0.15) is 0 Å². The predicted molar refractivity (Wildman–Crippen MR) is 94.3 cm³/mol. The molecule has 0 bridgehead atoms. The first-order chi connectivity index (χ1) is 11.5. The highest BCUT2D eigenvalue weighted by Crippen LogP contribution is 2.28. The number of fused-ring (bicyclic) bond motifs is 1. The fourth-order valence-corrected chi connectivity index (χ4v) is 3.53. The van der Waals surface area contributed by atoms with Crippen LogP contribution in [0.4, 0.5) is 10.5 Å². The number of carbonyl (C=O) groups excluding carboxylic acids is 2. The fraction of sp³-hybridized carbons (Fsp3) is 0.556. The summed E-state index contributed by atoms with van der Waals surface area (Å²) < 4.78 is 0. The first kappa shape index (κ1) is 16.8. The van der Waals surface area contributed by atoms with Crippen LogP contribution in [0.15, 0.2) is 18.2 Å². The van der Waals surface area contributed by atoms with Crippen LogP contribution in [0.3, 0.4) is 0 Å². The lowest BCUT2D eigenvalue weighted by Crippen LogP contribution is -2.41.